The van der Waals surface area contributed by atoms with Gasteiger partial charge in [0, 0.05) is 58.6 Å². The summed E-state index contributed by atoms with van der Waals surface area (Å²) in [5, 5.41) is 12.1. The molecule has 4 fully saturated rings. The van der Waals surface area contributed by atoms with Crippen molar-refractivity contribution in [3.05, 3.63) is 98.7 Å². The Balaban J connectivity index is 1.39. The average molecular weight is 1040 g/mol. The van der Waals surface area contributed by atoms with Crippen LogP contribution in [0.1, 0.15) is 114 Å². The molecule has 71 heavy (non-hydrogen) atoms. The number of fused-ring (bicyclic) bond motifs is 6. The Morgan fingerprint density at radius 2 is 1.61 bits per heavy atom. The van der Waals surface area contributed by atoms with Crippen LogP contribution in [0.3, 0.4) is 0 Å². The second kappa shape index (κ2) is 17.5. The summed E-state index contributed by atoms with van der Waals surface area (Å²) >= 11 is 0. The minimum Gasteiger partial charge on any atom is -0.482 e. The molecule has 380 valence electrons. The predicted molar refractivity (Wildman–Crippen MR) is 258 cm³/mol. The monoisotopic (exact) mass is 1040 g/mol. The lowest BCUT2D eigenvalue weighted by atomic mass is 9.43. The number of phosphoric ester groups is 1. The molecule has 8 aliphatic rings. The molecule has 19 nitrogen and oxygen atoms in total. The van der Waals surface area contributed by atoms with Crippen LogP contribution in [0.25, 0.3) is 11.8 Å². The molecule has 9 atom stereocenters. The number of ether oxygens (including phenoxy) is 3. The van der Waals surface area contributed by atoms with Gasteiger partial charge in [-0.25, -0.2) is 13.7 Å². The van der Waals surface area contributed by atoms with Gasteiger partial charge in [-0.1, -0.05) is 53.6 Å². The summed E-state index contributed by atoms with van der Waals surface area (Å²) in [7, 11) is -17.8. The van der Waals surface area contributed by atoms with Crippen molar-refractivity contribution in [3.63, 3.8) is 0 Å². The van der Waals surface area contributed by atoms with Gasteiger partial charge < -0.3 is 43.8 Å². The van der Waals surface area contributed by atoms with Crippen molar-refractivity contribution in [2.75, 3.05) is 13.2 Å². The summed E-state index contributed by atoms with van der Waals surface area (Å²) in [5.74, 6) is -4.99. The molecule has 4 aliphatic carbocycles. The highest BCUT2D eigenvalue weighted by Gasteiger charge is 2.84. The molecule has 4 bridgehead atoms. The summed E-state index contributed by atoms with van der Waals surface area (Å²) in [4.78, 5) is 90.0. The summed E-state index contributed by atoms with van der Waals surface area (Å²) in [6.45, 7) is 14.5. The van der Waals surface area contributed by atoms with Crippen molar-refractivity contribution < 1.29 is 80.1 Å². The van der Waals surface area contributed by atoms with Gasteiger partial charge in [0.2, 0.25) is 5.91 Å². The zero-order valence-electron chi connectivity index (χ0n) is 40.4. The minimum atomic E-state index is -6.06. The van der Waals surface area contributed by atoms with Gasteiger partial charge in [-0.15, -0.1) is 0 Å². The Bertz CT molecular complexity index is 3050. The first-order valence-electron chi connectivity index (χ1n) is 23.3. The number of Topliss-reactive ketones (excluding diaryl/α,β-unsaturated/α-hetero) is 2. The smallest absolute Gasteiger partial charge is 0.482 e. The summed E-state index contributed by atoms with van der Waals surface area (Å²) < 4.78 is 75.0. The normalized spacial score (nSPS) is 29.8. The van der Waals surface area contributed by atoms with Crippen LogP contribution in [-0.4, -0.2) is 83.4 Å². The van der Waals surface area contributed by atoms with Crippen LogP contribution in [0.5, 0.6) is 17.2 Å². The van der Waals surface area contributed by atoms with Gasteiger partial charge in [0.15, 0.2) is 28.5 Å². The molecule has 9 unspecified atom stereocenters. The van der Waals surface area contributed by atoms with E-state index in [0.29, 0.717) is 40.8 Å². The van der Waals surface area contributed by atoms with Crippen LogP contribution in [0, 0.1) is 23.7 Å². The quantitative estimate of drug-likeness (QED) is 0.0531. The number of amides is 1. The van der Waals surface area contributed by atoms with Crippen LogP contribution in [-0.2, 0) is 43.1 Å². The van der Waals surface area contributed by atoms with E-state index in [1.807, 2.05) is 60.6 Å². The lowest BCUT2D eigenvalue weighted by Crippen LogP contribution is -2.75. The summed E-state index contributed by atoms with van der Waals surface area (Å²) in [6, 6.07) is 6.90. The zero-order valence-corrected chi connectivity index (χ0v) is 43.1. The van der Waals surface area contributed by atoms with E-state index in [0.717, 1.165) is 11.1 Å². The lowest BCUT2D eigenvalue weighted by molar-refractivity contribution is -0.182. The van der Waals surface area contributed by atoms with Gasteiger partial charge in [-0.2, -0.15) is 8.62 Å². The second-order valence-corrected chi connectivity index (χ2v) is 24.7. The first-order valence-corrected chi connectivity index (χ1v) is 27.8. The summed E-state index contributed by atoms with van der Waals surface area (Å²) in [5.41, 5.74) is -1.63. The number of rotatable bonds is 16. The Labute approximate surface area is 410 Å². The molecule has 3 saturated carbocycles. The van der Waals surface area contributed by atoms with Crippen LogP contribution >= 0.6 is 23.5 Å². The van der Waals surface area contributed by atoms with Crippen LogP contribution in [0.4, 0.5) is 0 Å². The highest BCUT2D eigenvalue weighted by Crippen LogP contribution is 2.75. The molecule has 1 saturated heterocycles. The Kier molecular flexibility index (Phi) is 12.7. The molecular formula is C49H57N2O17P3. The van der Waals surface area contributed by atoms with Crippen molar-refractivity contribution in [2.24, 2.45) is 28.7 Å². The molecule has 1 amide bonds. The van der Waals surface area contributed by atoms with E-state index >= 15 is 4.79 Å². The molecule has 6 N–H and O–H groups in total. The molecule has 10 rings (SSSR count). The maximum atomic E-state index is 15.9. The van der Waals surface area contributed by atoms with Crippen LogP contribution in [0.2, 0.25) is 0 Å². The minimum absolute atomic E-state index is 0.0194. The number of hydrogen-bond donors (Lipinski definition) is 6. The fraction of sp³-hybridized carbons (Fsp3) is 0.469. The summed E-state index contributed by atoms with van der Waals surface area (Å²) in [6.07, 6.45) is 10.0. The van der Waals surface area contributed by atoms with Gasteiger partial charge in [-0.3, -0.25) is 24.3 Å². The van der Waals surface area contributed by atoms with Crippen molar-refractivity contribution in [3.8, 4) is 17.2 Å². The van der Waals surface area contributed by atoms with E-state index in [4.69, 9.17) is 23.7 Å². The van der Waals surface area contributed by atoms with Crippen LogP contribution < -0.4 is 19.3 Å². The molecule has 2 aromatic carbocycles. The third kappa shape index (κ3) is 8.45. The molecule has 4 aliphatic heterocycles. The first kappa shape index (κ1) is 51.3. The number of aliphatic imine (C=N–C) groups is 1. The topological polar surface area (TPSA) is 283 Å². The maximum absolute atomic E-state index is 15.9. The largest absolute Gasteiger partial charge is 0.536 e. The van der Waals surface area contributed by atoms with Crippen LogP contribution in [0.15, 0.2) is 75.9 Å². The molecule has 22 heteroatoms. The fourth-order valence-corrected chi connectivity index (χ4v) is 14.9. The van der Waals surface area contributed by atoms with E-state index in [1.165, 1.54) is 0 Å². The zero-order chi connectivity index (χ0) is 51.6. The fourth-order valence-electron chi connectivity index (χ4n) is 11.8. The van der Waals surface area contributed by atoms with Gasteiger partial charge in [0.25, 0.3) is 0 Å². The Morgan fingerprint density at radius 1 is 0.915 bits per heavy atom. The van der Waals surface area contributed by atoms with E-state index in [-0.39, 0.29) is 77.9 Å². The third-order valence-electron chi connectivity index (χ3n) is 14.6. The molecule has 1 spiro atoms. The first-order chi connectivity index (χ1) is 33.1. The highest BCUT2D eigenvalue weighted by molar-refractivity contribution is 7.66. The van der Waals surface area contributed by atoms with E-state index in [2.05, 4.69) is 13.9 Å². The van der Waals surface area contributed by atoms with Gasteiger partial charge in [-0.05, 0) is 93.2 Å². The highest BCUT2D eigenvalue weighted by atomic mass is 31.3. The molecule has 2 aromatic rings. The van der Waals surface area contributed by atoms with E-state index < -0.39 is 81.2 Å². The number of benzene rings is 2. The van der Waals surface area contributed by atoms with Crippen molar-refractivity contribution in [2.45, 2.75) is 110 Å². The molecule has 0 radical (unpaired) electrons. The molecular weight excluding hydrogens is 981 g/mol. The van der Waals surface area contributed by atoms with Gasteiger partial charge >= 0.3 is 23.5 Å². The van der Waals surface area contributed by atoms with Gasteiger partial charge in [0.05, 0.1) is 40.7 Å². The Morgan fingerprint density at radius 3 is 2.27 bits per heavy atom. The van der Waals surface area contributed by atoms with E-state index in [1.54, 1.807) is 49.4 Å². The maximum Gasteiger partial charge on any atom is 0.536 e. The number of carbonyl (C=O) groups is 3. The Hall–Kier alpha value is -4.61. The number of nitrogens with zero attached hydrogens (tertiary/aromatic N) is 1. The predicted octanol–water partition coefficient (Wildman–Crippen LogP) is 7.80. The number of nitrogens with one attached hydrogen (secondary N) is 1. The number of hydrogen-bond acceptors (Lipinski definition) is 14. The second-order valence-electron chi connectivity index (χ2n) is 20.4. The van der Waals surface area contributed by atoms with Crippen molar-refractivity contribution in [1.29, 1.82) is 0 Å². The average Bonchev–Trinajstić information content (AvgIpc) is 3.62. The van der Waals surface area contributed by atoms with Crippen molar-refractivity contribution >= 4 is 58.4 Å². The standard InChI is InChI=1S/C49H57N2O17P3/c1-25(2)12-11-19-47(8)20-18-31-41(63-47)30(16-15-26(3)4)42-36(43(31)65-70(59,60)68-71(61,62)67-69(56,57)58)39-37-34(35-38(51-39)28-13-9-10-14-29(28)40(35)53)32-24-33-46(6,7)66-48(44(32)54,49(33,37)64-42)21-17-27(5)45(55)50-22-23-52/h9-10,12-15,17-18,20,32-35,52H,11,16,19,21-24H2,1-8H3,(H,50,55)(H,59,60)(H,61,62)(H2,56,57,58). The number of carbonyl (C=O) groups excluding carboxylic acids is 3. The van der Waals surface area contributed by atoms with E-state index in [9.17, 15) is 48.0 Å². The number of ketones is 2. The van der Waals surface area contributed by atoms with Gasteiger partial charge in [0.1, 0.15) is 17.1 Å². The molecule has 0 aromatic heterocycles. The number of aliphatic hydroxyl groups excluding tert-OH is 1. The molecule has 4 heterocycles. The number of phosphoric acid groups is 3. The number of aliphatic hydroxyl groups is 1. The van der Waals surface area contributed by atoms with Crippen molar-refractivity contribution in [1.82, 2.24) is 5.32 Å². The lowest BCUT2D eigenvalue weighted by Gasteiger charge is -2.62. The SMILES string of the molecule is CC(C)=CCCC1(C)C=Cc2c(c(CC=C(C)C)c3c(c2OP(=O)(O)OP(=O)(O)OP(=O)(O)O)C2=C4C(C5CC6C(C)(C)OC(CC=C(C)C(=O)NCCO)(C5=O)C46O3)C3C(=O)c4ccccc4C3=N2)O1. The third-order valence-corrected chi connectivity index (χ3v) is 18.3. The number of allylic oxidation sites excluding steroid dienone is 4.